The third kappa shape index (κ3) is 4.90. The number of carbonyl (C=O) groups is 2. The molecule has 28 heavy (non-hydrogen) atoms. The number of nitrogens with one attached hydrogen (secondary N) is 1. The Labute approximate surface area is 167 Å². The standard InChI is InChI=1S/C21H32N4O3/c1-15(2)13-25(17-4-3-5-17)19(12-22)21(27)23-16-6-8-18(9-7-16)24-10-11-28-14-20(24)26/h6-9,15,17,19H,3-5,10-14,22H2,1-2H3,(H,23,27)/t19-/m0/s1. The van der Waals surface area contributed by atoms with Gasteiger partial charge in [-0.25, -0.2) is 0 Å². The quantitative estimate of drug-likeness (QED) is 0.709. The highest BCUT2D eigenvalue weighted by molar-refractivity contribution is 5.97. The predicted octanol–water partition coefficient (Wildman–Crippen LogP) is 1.83. The molecular formula is C21H32N4O3. The van der Waals surface area contributed by atoms with E-state index in [1.54, 1.807) is 4.90 Å². The summed E-state index contributed by atoms with van der Waals surface area (Å²) >= 11 is 0. The Balaban J connectivity index is 1.65. The van der Waals surface area contributed by atoms with Crippen molar-refractivity contribution in [2.75, 3.05) is 43.1 Å². The van der Waals surface area contributed by atoms with Gasteiger partial charge in [-0.2, -0.15) is 0 Å². The van der Waals surface area contributed by atoms with E-state index in [1.165, 1.54) is 6.42 Å². The largest absolute Gasteiger partial charge is 0.370 e. The SMILES string of the molecule is CC(C)CN(C1CCC1)[C@@H](CN)C(=O)Nc1ccc(N2CCOCC2=O)cc1. The molecule has 1 aromatic carbocycles. The number of nitrogens with two attached hydrogens (primary N) is 1. The number of benzene rings is 1. The highest BCUT2D eigenvalue weighted by Crippen LogP contribution is 2.28. The van der Waals surface area contributed by atoms with Crippen LogP contribution in [-0.2, 0) is 14.3 Å². The van der Waals surface area contributed by atoms with Crippen molar-refractivity contribution in [3.63, 3.8) is 0 Å². The first-order valence-corrected chi connectivity index (χ1v) is 10.2. The summed E-state index contributed by atoms with van der Waals surface area (Å²) < 4.78 is 5.17. The van der Waals surface area contributed by atoms with Gasteiger partial charge in [0.2, 0.25) is 5.91 Å². The average Bonchev–Trinajstić information content (AvgIpc) is 2.61. The molecule has 3 rings (SSSR count). The fourth-order valence-electron chi connectivity index (χ4n) is 3.81. The second-order valence-electron chi connectivity index (χ2n) is 8.06. The molecule has 2 fully saturated rings. The van der Waals surface area contributed by atoms with E-state index in [9.17, 15) is 9.59 Å². The van der Waals surface area contributed by atoms with Gasteiger partial charge in [-0.3, -0.25) is 14.5 Å². The maximum absolute atomic E-state index is 12.9. The van der Waals surface area contributed by atoms with E-state index in [2.05, 4.69) is 24.1 Å². The van der Waals surface area contributed by atoms with E-state index in [4.69, 9.17) is 10.5 Å². The lowest BCUT2D eigenvalue weighted by atomic mass is 9.89. The number of hydrogen-bond acceptors (Lipinski definition) is 5. The Hall–Kier alpha value is -1.96. The maximum Gasteiger partial charge on any atom is 0.253 e. The van der Waals surface area contributed by atoms with Gasteiger partial charge in [0.15, 0.2) is 0 Å². The number of hydrogen-bond donors (Lipinski definition) is 2. The Morgan fingerprint density at radius 2 is 2.04 bits per heavy atom. The minimum absolute atomic E-state index is 0.0453. The van der Waals surface area contributed by atoms with Crippen molar-refractivity contribution >= 4 is 23.2 Å². The lowest BCUT2D eigenvalue weighted by Gasteiger charge is -2.42. The van der Waals surface area contributed by atoms with E-state index in [-0.39, 0.29) is 24.5 Å². The van der Waals surface area contributed by atoms with Crippen LogP contribution in [0.25, 0.3) is 0 Å². The summed E-state index contributed by atoms with van der Waals surface area (Å²) in [6.45, 7) is 6.71. The molecule has 1 aliphatic heterocycles. The van der Waals surface area contributed by atoms with Crippen LogP contribution in [0, 0.1) is 5.92 Å². The minimum atomic E-state index is -0.326. The Bertz CT molecular complexity index is 673. The van der Waals surface area contributed by atoms with Crippen molar-refractivity contribution in [3.05, 3.63) is 24.3 Å². The maximum atomic E-state index is 12.9. The van der Waals surface area contributed by atoms with Crippen molar-refractivity contribution in [2.45, 2.75) is 45.2 Å². The second kappa shape index (κ2) is 9.49. The summed E-state index contributed by atoms with van der Waals surface area (Å²) in [5.74, 6) is 0.370. The molecule has 154 valence electrons. The molecule has 0 unspecified atom stereocenters. The fourth-order valence-corrected chi connectivity index (χ4v) is 3.81. The summed E-state index contributed by atoms with van der Waals surface area (Å²) in [5, 5.41) is 3.00. The highest BCUT2D eigenvalue weighted by Gasteiger charge is 2.34. The van der Waals surface area contributed by atoms with Crippen LogP contribution in [0.15, 0.2) is 24.3 Å². The van der Waals surface area contributed by atoms with Gasteiger partial charge in [0, 0.05) is 37.1 Å². The van der Waals surface area contributed by atoms with Crippen molar-refractivity contribution < 1.29 is 14.3 Å². The van der Waals surface area contributed by atoms with Crippen LogP contribution in [0.3, 0.4) is 0 Å². The molecule has 1 atom stereocenters. The lowest BCUT2D eigenvalue weighted by Crippen LogP contribution is -2.55. The average molecular weight is 389 g/mol. The van der Waals surface area contributed by atoms with Crippen molar-refractivity contribution in [2.24, 2.45) is 11.7 Å². The topological polar surface area (TPSA) is 87.9 Å². The molecule has 2 aliphatic rings. The molecule has 3 N–H and O–H groups in total. The Kier molecular flexibility index (Phi) is 7.04. The summed E-state index contributed by atoms with van der Waals surface area (Å²) in [6, 6.07) is 7.51. The molecule has 1 saturated heterocycles. The summed E-state index contributed by atoms with van der Waals surface area (Å²) in [5.41, 5.74) is 7.53. The van der Waals surface area contributed by atoms with E-state index in [1.807, 2.05) is 24.3 Å². The molecule has 0 aromatic heterocycles. The van der Waals surface area contributed by atoms with Gasteiger partial charge in [0.05, 0.1) is 6.61 Å². The minimum Gasteiger partial charge on any atom is -0.370 e. The normalized spacial score (nSPS) is 19.0. The van der Waals surface area contributed by atoms with Gasteiger partial charge in [-0.1, -0.05) is 20.3 Å². The van der Waals surface area contributed by atoms with Gasteiger partial charge in [-0.15, -0.1) is 0 Å². The van der Waals surface area contributed by atoms with E-state index in [0.717, 1.165) is 25.1 Å². The van der Waals surface area contributed by atoms with Crippen molar-refractivity contribution in [1.82, 2.24) is 4.90 Å². The zero-order valence-electron chi connectivity index (χ0n) is 16.9. The Morgan fingerprint density at radius 1 is 1.32 bits per heavy atom. The molecular weight excluding hydrogens is 356 g/mol. The number of carbonyl (C=O) groups excluding carboxylic acids is 2. The molecule has 7 nitrogen and oxygen atoms in total. The number of rotatable bonds is 8. The van der Waals surface area contributed by atoms with E-state index in [0.29, 0.717) is 37.3 Å². The van der Waals surface area contributed by atoms with Gasteiger partial charge in [-0.05, 0) is 43.0 Å². The molecule has 0 bridgehead atoms. The monoisotopic (exact) mass is 388 g/mol. The highest BCUT2D eigenvalue weighted by atomic mass is 16.5. The zero-order valence-corrected chi connectivity index (χ0v) is 16.9. The summed E-state index contributed by atoms with van der Waals surface area (Å²) in [6.07, 6.45) is 3.50. The number of nitrogens with zero attached hydrogens (tertiary/aromatic N) is 2. The van der Waals surface area contributed by atoms with Crippen LogP contribution < -0.4 is 16.0 Å². The first kappa shape index (κ1) is 20.8. The fraction of sp³-hybridized carbons (Fsp3) is 0.619. The molecule has 0 spiro atoms. The van der Waals surface area contributed by atoms with Gasteiger partial charge in [0.25, 0.3) is 5.91 Å². The van der Waals surface area contributed by atoms with Gasteiger partial charge < -0.3 is 20.7 Å². The van der Waals surface area contributed by atoms with Crippen LogP contribution in [0.4, 0.5) is 11.4 Å². The molecule has 1 heterocycles. The van der Waals surface area contributed by atoms with E-state index < -0.39 is 0 Å². The molecule has 1 aromatic rings. The Morgan fingerprint density at radius 3 is 2.57 bits per heavy atom. The van der Waals surface area contributed by atoms with Crippen LogP contribution in [0.1, 0.15) is 33.1 Å². The zero-order chi connectivity index (χ0) is 20.1. The number of amides is 2. The van der Waals surface area contributed by atoms with Gasteiger partial charge >= 0.3 is 0 Å². The molecule has 7 heteroatoms. The van der Waals surface area contributed by atoms with E-state index >= 15 is 0 Å². The van der Waals surface area contributed by atoms with Crippen LogP contribution in [-0.4, -0.2) is 61.6 Å². The molecule has 0 radical (unpaired) electrons. The number of ether oxygens (including phenoxy) is 1. The first-order valence-electron chi connectivity index (χ1n) is 10.2. The number of morpholine rings is 1. The second-order valence-corrected chi connectivity index (χ2v) is 8.06. The summed E-state index contributed by atoms with van der Waals surface area (Å²) in [4.78, 5) is 28.9. The predicted molar refractivity (Wildman–Crippen MR) is 110 cm³/mol. The first-order chi connectivity index (χ1) is 13.5. The number of anilines is 2. The van der Waals surface area contributed by atoms with Crippen LogP contribution in [0.5, 0.6) is 0 Å². The third-order valence-electron chi connectivity index (χ3n) is 5.48. The smallest absolute Gasteiger partial charge is 0.253 e. The molecule has 1 aliphatic carbocycles. The lowest BCUT2D eigenvalue weighted by molar-refractivity contribution is -0.125. The van der Waals surface area contributed by atoms with Crippen molar-refractivity contribution in [1.29, 1.82) is 0 Å². The molecule has 2 amide bonds. The molecule has 1 saturated carbocycles. The van der Waals surface area contributed by atoms with Crippen molar-refractivity contribution in [3.8, 4) is 0 Å². The van der Waals surface area contributed by atoms with Gasteiger partial charge in [0.1, 0.15) is 12.6 Å². The third-order valence-corrected chi connectivity index (χ3v) is 5.48. The van der Waals surface area contributed by atoms with Crippen LogP contribution in [0.2, 0.25) is 0 Å². The van der Waals surface area contributed by atoms with Crippen LogP contribution >= 0.6 is 0 Å². The summed E-state index contributed by atoms with van der Waals surface area (Å²) in [7, 11) is 0.